The molecule has 3 amide bonds. The van der Waals surface area contributed by atoms with Gasteiger partial charge in [0.15, 0.2) is 0 Å². The number of nitrogens with one attached hydrogen (secondary N) is 2. The monoisotopic (exact) mass is 283 g/mol. The van der Waals surface area contributed by atoms with Crippen molar-refractivity contribution in [2.75, 3.05) is 19.6 Å². The van der Waals surface area contributed by atoms with Gasteiger partial charge in [-0.1, -0.05) is 6.92 Å². The fourth-order valence-electron chi connectivity index (χ4n) is 2.12. The summed E-state index contributed by atoms with van der Waals surface area (Å²) >= 11 is 0. The molecule has 0 spiro atoms. The van der Waals surface area contributed by atoms with Gasteiger partial charge in [0.05, 0.1) is 5.92 Å². The Labute approximate surface area is 117 Å². The van der Waals surface area contributed by atoms with Crippen LogP contribution < -0.4 is 10.6 Å². The second-order valence-corrected chi connectivity index (χ2v) is 5.62. The van der Waals surface area contributed by atoms with E-state index in [1.165, 1.54) is 0 Å². The van der Waals surface area contributed by atoms with E-state index in [0.717, 1.165) is 12.8 Å². The zero-order chi connectivity index (χ0) is 14.7. The molecule has 20 heavy (non-hydrogen) atoms. The Hall–Kier alpha value is -1.79. The zero-order valence-electron chi connectivity index (χ0n) is 11.6. The van der Waals surface area contributed by atoms with E-state index in [4.69, 9.17) is 5.11 Å². The minimum Gasteiger partial charge on any atom is -0.481 e. The third-order valence-corrected chi connectivity index (χ3v) is 3.86. The predicted molar refractivity (Wildman–Crippen MR) is 71.0 cm³/mol. The minimum atomic E-state index is -0.827. The lowest BCUT2D eigenvalue weighted by Gasteiger charge is -2.41. The van der Waals surface area contributed by atoms with E-state index in [-0.39, 0.29) is 24.3 Å². The molecule has 1 aliphatic carbocycles. The van der Waals surface area contributed by atoms with Crippen LogP contribution in [0.15, 0.2) is 0 Å². The number of rotatable bonds is 6. The number of carbonyl (C=O) groups excluding carboxylic acids is 2. The third-order valence-electron chi connectivity index (χ3n) is 3.86. The highest BCUT2D eigenvalue weighted by molar-refractivity contribution is 5.79. The first-order valence-electron chi connectivity index (χ1n) is 7.02. The van der Waals surface area contributed by atoms with Crippen molar-refractivity contribution in [2.24, 2.45) is 11.8 Å². The van der Waals surface area contributed by atoms with E-state index in [9.17, 15) is 14.4 Å². The van der Waals surface area contributed by atoms with Crippen molar-refractivity contribution in [3.63, 3.8) is 0 Å². The number of nitrogens with zero attached hydrogens (tertiary/aromatic N) is 1. The van der Waals surface area contributed by atoms with Crippen LogP contribution in [0.2, 0.25) is 0 Å². The third kappa shape index (κ3) is 3.85. The molecule has 1 atom stereocenters. The van der Waals surface area contributed by atoms with Crippen LogP contribution in [0.5, 0.6) is 0 Å². The summed E-state index contributed by atoms with van der Waals surface area (Å²) in [7, 11) is 0. The summed E-state index contributed by atoms with van der Waals surface area (Å²) in [5.41, 5.74) is 0. The fraction of sp³-hybridized carbons (Fsp3) is 0.769. The first kappa shape index (κ1) is 14.6. The second kappa shape index (κ2) is 6.11. The van der Waals surface area contributed by atoms with Crippen molar-refractivity contribution in [3.8, 4) is 0 Å². The van der Waals surface area contributed by atoms with Gasteiger partial charge in [-0.05, 0) is 12.8 Å². The molecule has 0 aromatic heterocycles. The maximum absolute atomic E-state index is 11.7. The Bertz CT molecular complexity index is 402. The van der Waals surface area contributed by atoms with Crippen molar-refractivity contribution >= 4 is 17.9 Å². The maximum Gasteiger partial charge on any atom is 0.317 e. The highest BCUT2D eigenvalue weighted by atomic mass is 16.4. The highest BCUT2D eigenvalue weighted by Gasteiger charge is 2.37. The van der Waals surface area contributed by atoms with Gasteiger partial charge < -0.3 is 20.6 Å². The van der Waals surface area contributed by atoms with Gasteiger partial charge in [0, 0.05) is 38.0 Å². The zero-order valence-corrected chi connectivity index (χ0v) is 11.6. The fourth-order valence-corrected chi connectivity index (χ4v) is 2.12. The van der Waals surface area contributed by atoms with Crippen LogP contribution in [0.1, 0.15) is 26.2 Å². The molecule has 2 aliphatic rings. The van der Waals surface area contributed by atoms with Crippen LogP contribution >= 0.6 is 0 Å². The van der Waals surface area contributed by atoms with Gasteiger partial charge in [0.1, 0.15) is 0 Å². The Balaban J connectivity index is 1.57. The molecular weight excluding hydrogens is 262 g/mol. The summed E-state index contributed by atoms with van der Waals surface area (Å²) in [6, 6.07) is 0.116. The molecule has 0 aromatic carbocycles. The van der Waals surface area contributed by atoms with Crippen molar-refractivity contribution < 1.29 is 19.5 Å². The molecule has 2 fully saturated rings. The van der Waals surface area contributed by atoms with E-state index in [0.29, 0.717) is 25.7 Å². The van der Waals surface area contributed by atoms with E-state index in [1.807, 2.05) is 0 Å². The molecule has 0 bridgehead atoms. The molecule has 2 rings (SSSR count). The van der Waals surface area contributed by atoms with Crippen LogP contribution in [-0.2, 0) is 9.59 Å². The second-order valence-electron chi connectivity index (χ2n) is 5.62. The molecule has 1 unspecified atom stereocenters. The summed E-state index contributed by atoms with van der Waals surface area (Å²) in [4.78, 5) is 35.5. The summed E-state index contributed by atoms with van der Waals surface area (Å²) < 4.78 is 0. The average Bonchev–Trinajstić information content (AvgIpc) is 3.10. The van der Waals surface area contributed by atoms with Gasteiger partial charge in [-0.25, -0.2) is 4.79 Å². The topological polar surface area (TPSA) is 98.7 Å². The molecule has 112 valence electrons. The van der Waals surface area contributed by atoms with Crippen LogP contribution in [0.4, 0.5) is 4.79 Å². The standard InChI is InChI=1S/C13H21N3O4/c1-8(12(18)19)9-6-16(7-9)13(20)14-5-4-11(17)15-10-2-3-10/h8-10H,2-7H2,1H3,(H,14,20)(H,15,17)(H,18,19). The van der Waals surface area contributed by atoms with Crippen molar-refractivity contribution in [1.29, 1.82) is 0 Å². The van der Waals surface area contributed by atoms with Gasteiger partial charge in [0.25, 0.3) is 0 Å². The molecule has 1 saturated carbocycles. The Morgan fingerprint density at radius 2 is 1.95 bits per heavy atom. The van der Waals surface area contributed by atoms with Gasteiger partial charge in [-0.15, -0.1) is 0 Å². The summed E-state index contributed by atoms with van der Waals surface area (Å²) in [5, 5.41) is 14.4. The smallest absolute Gasteiger partial charge is 0.317 e. The molecule has 1 aliphatic heterocycles. The SMILES string of the molecule is CC(C(=O)O)C1CN(C(=O)NCCC(=O)NC2CC2)C1. The lowest BCUT2D eigenvalue weighted by molar-refractivity contribution is -0.144. The normalized spacial score (nSPS) is 19.9. The van der Waals surface area contributed by atoms with Crippen molar-refractivity contribution in [1.82, 2.24) is 15.5 Å². The molecule has 1 heterocycles. The molecule has 7 heteroatoms. The van der Waals surface area contributed by atoms with Crippen molar-refractivity contribution in [3.05, 3.63) is 0 Å². The molecule has 0 aromatic rings. The van der Waals surface area contributed by atoms with E-state index < -0.39 is 11.9 Å². The number of amides is 3. The minimum absolute atomic E-state index is 0.0245. The Kier molecular flexibility index (Phi) is 4.46. The van der Waals surface area contributed by atoms with Gasteiger partial charge in [-0.3, -0.25) is 9.59 Å². The van der Waals surface area contributed by atoms with Gasteiger partial charge in [-0.2, -0.15) is 0 Å². The van der Waals surface area contributed by atoms with Crippen LogP contribution in [-0.4, -0.2) is 53.6 Å². The average molecular weight is 283 g/mol. The number of carboxylic acids is 1. The lowest BCUT2D eigenvalue weighted by Crippen LogP contribution is -2.56. The predicted octanol–water partition coefficient (Wildman–Crippen LogP) is 0.0172. The molecule has 7 nitrogen and oxygen atoms in total. The quantitative estimate of drug-likeness (QED) is 0.640. The van der Waals surface area contributed by atoms with Crippen LogP contribution in [0.3, 0.4) is 0 Å². The molecule has 0 radical (unpaired) electrons. The van der Waals surface area contributed by atoms with Gasteiger partial charge in [0.2, 0.25) is 5.91 Å². The van der Waals surface area contributed by atoms with E-state index in [1.54, 1.807) is 11.8 Å². The van der Waals surface area contributed by atoms with E-state index >= 15 is 0 Å². The van der Waals surface area contributed by atoms with E-state index in [2.05, 4.69) is 10.6 Å². The number of urea groups is 1. The first-order valence-corrected chi connectivity index (χ1v) is 7.02. The number of hydrogen-bond donors (Lipinski definition) is 3. The lowest BCUT2D eigenvalue weighted by atomic mass is 9.87. The summed E-state index contributed by atoms with van der Waals surface area (Å²) in [5.74, 6) is -1.26. The van der Waals surface area contributed by atoms with Gasteiger partial charge >= 0.3 is 12.0 Å². The number of likely N-dealkylation sites (tertiary alicyclic amines) is 1. The molecular formula is C13H21N3O4. The number of aliphatic carboxylic acids is 1. The number of carbonyl (C=O) groups is 3. The maximum atomic E-state index is 11.7. The largest absolute Gasteiger partial charge is 0.481 e. The summed E-state index contributed by atoms with van der Waals surface area (Å²) in [6.45, 7) is 2.90. The molecule has 3 N–H and O–H groups in total. The van der Waals surface area contributed by atoms with Crippen molar-refractivity contribution in [2.45, 2.75) is 32.2 Å². The van der Waals surface area contributed by atoms with Crippen LogP contribution in [0, 0.1) is 11.8 Å². The number of carboxylic acid groups (broad SMARTS) is 1. The number of hydrogen-bond acceptors (Lipinski definition) is 3. The molecule has 1 saturated heterocycles. The Morgan fingerprint density at radius 3 is 2.50 bits per heavy atom. The Morgan fingerprint density at radius 1 is 1.30 bits per heavy atom. The first-order chi connectivity index (χ1) is 9.47. The van der Waals surface area contributed by atoms with Crippen LogP contribution in [0.25, 0.3) is 0 Å². The summed E-state index contributed by atoms with van der Waals surface area (Å²) in [6.07, 6.45) is 2.38. The highest BCUT2D eigenvalue weighted by Crippen LogP contribution is 2.23.